The molecule has 0 aromatic carbocycles. The third kappa shape index (κ3) is 32.6. The number of rotatable bonds is 28. The summed E-state index contributed by atoms with van der Waals surface area (Å²) < 4.78 is 2.00. The number of hydrogen-bond acceptors (Lipinski definition) is 2. The molecule has 6 nitrogen and oxygen atoms in total. The quantitative estimate of drug-likeness (QED) is 0.0934. The van der Waals surface area contributed by atoms with Crippen LogP contribution < -0.4 is 44.6 Å². The van der Waals surface area contributed by atoms with E-state index in [0.717, 1.165) is 73.9 Å². The van der Waals surface area contributed by atoms with Gasteiger partial charge in [-0.3, -0.25) is 9.59 Å². The Bertz CT molecular complexity index is 554. The predicted octanol–water partition coefficient (Wildman–Crippen LogP) is 0.831. The van der Waals surface area contributed by atoms with Gasteiger partial charge in [0.25, 0.3) is 0 Å². The van der Waals surface area contributed by atoms with Crippen LogP contribution in [0.3, 0.4) is 0 Å². The summed E-state index contributed by atoms with van der Waals surface area (Å²) in [4.78, 5) is 24.2. The first-order valence-electron chi connectivity index (χ1n) is 16.8. The van der Waals surface area contributed by atoms with Gasteiger partial charge in [-0.15, -0.1) is 0 Å². The van der Waals surface area contributed by atoms with Crippen molar-refractivity contribution in [2.45, 2.75) is 136 Å². The largest absolute Gasteiger partial charge is 1.00 e. The number of nitrogens with zero attached hydrogens (tertiary/aromatic N) is 2. The summed E-state index contributed by atoms with van der Waals surface area (Å²) in [6, 6.07) is 0. The van der Waals surface area contributed by atoms with Crippen molar-refractivity contribution in [2.75, 3.05) is 67.5 Å². The van der Waals surface area contributed by atoms with E-state index in [4.69, 9.17) is 0 Å². The normalized spacial score (nSPS) is 11.5. The first-order valence-corrected chi connectivity index (χ1v) is 16.8. The van der Waals surface area contributed by atoms with Crippen molar-refractivity contribution in [1.29, 1.82) is 0 Å². The van der Waals surface area contributed by atoms with Gasteiger partial charge in [-0.05, 0) is 12.8 Å². The highest BCUT2D eigenvalue weighted by molar-refractivity contribution is 5.76. The van der Waals surface area contributed by atoms with Crippen LogP contribution in [-0.2, 0) is 9.59 Å². The number of hydrogen-bond donors (Lipinski definition) is 2. The minimum absolute atomic E-state index is 0. The summed E-state index contributed by atoms with van der Waals surface area (Å²) in [6.07, 6.45) is 22.1. The molecule has 0 heterocycles. The third-order valence-corrected chi connectivity index (χ3v) is 8.07. The van der Waals surface area contributed by atoms with Crippen LogP contribution in [-0.4, -0.2) is 88.2 Å². The zero-order valence-electron chi connectivity index (χ0n) is 28.1. The molecule has 0 aromatic rings. The van der Waals surface area contributed by atoms with Crippen LogP contribution in [0.5, 0.6) is 0 Å². The van der Waals surface area contributed by atoms with Crippen LogP contribution in [0, 0.1) is 0 Å². The van der Waals surface area contributed by atoms with Crippen LogP contribution in [0.15, 0.2) is 0 Å². The lowest BCUT2D eigenvalue weighted by atomic mass is 10.1. The van der Waals surface area contributed by atoms with Crippen molar-refractivity contribution in [2.24, 2.45) is 0 Å². The second-order valence-corrected chi connectivity index (χ2v) is 13.3. The molecule has 2 N–H and O–H groups in total. The van der Waals surface area contributed by atoms with Crippen molar-refractivity contribution in [3.8, 4) is 0 Å². The van der Waals surface area contributed by atoms with Crippen LogP contribution in [0.4, 0.5) is 0 Å². The number of carbonyl (C=O) groups is 2. The molecule has 0 atom stereocenters. The Labute approximate surface area is 277 Å². The van der Waals surface area contributed by atoms with Crippen LogP contribution >= 0.6 is 0 Å². The van der Waals surface area contributed by atoms with E-state index in [1.165, 1.54) is 83.5 Å². The summed E-state index contributed by atoms with van der Waals surface area (Å²) in [5, 5.41) is 6.25. The number of unbranched alkanes of at least 4 members (excludes halogenated alkanes) is 12. The lowest BCUT2D eigenvalue weighted by Crippen LogP contribution is -3.00. The molecular formula is C33H70Br2N4O2. The first kappa shape index (κ1) is 45.3. The molecule has 0 saturated heterocycles. The third-order valence-electron chi connectivity index (χ3n) is 8.07. The van der Waals surface area contributed by atoms with Crippen molar-refractivity contribution in [3.63, 3.8) is 0 Å². The summed E-state index contributed by atoms with van der Waals surface area (Å²) in [6.45, 7) is 10.6. The van der Waals surface area contributed by atoms with Crippen LogP contribution in [0.1, 0.15) is 136 Å². The van der Waals surface area contributed by atoms with Gasteiger partial charge < -0.3 is 53.6 Å². The smallest absolute Gasteiger partial charge is 0.219 e. The Morgan fingerprint density at radius 1 is 0.439 bits per heavy atom. The lowest BCUT2D eigenvalue weighted by Gasteiger charge is -2.33. The van der Waals surface area contributed by atoms with Gasteiger partial charge in [0, 0.05) is 45.2 Å². The van der Waals surface area contributed by atoms with Gasteiger partial charge in [-0.25, -0.2) is 0 Å². The van der Waals surface area contributed by atoms with Gasteiger partial charge in [0.2, 0.25) is 11.8 Å². The van der Waals surface area contributed by atoms with Gasteiger partial charge >= 0.3 is 0 Å². The minimum Gasteiger partial charge on any atom is -1.00 e. The summed E-state index contributed by atoms with van der Waals surface area (Å²) in [7, 11) is 9.23. The number of quaternary nitrogens is 2. The Hall–Kier alpha value is -0.180. The second-order valence-electron chi connectivity index (χ2n) is 13.3. The zero-order valence-corrected chi connectivity index (χ0v) is 31.3. The monoisotopic (exact) mass is 712 g/mol. The fourth-order valence-corrected chi connectivity index (χ4v) is 5.28. The summed E-state index contributed by atoms with van der Waals surface area (Å²) >= 11 is 0. The first-order chi connectivity index (χ1) is 18.6. The molecule has 0 bridgehead atoms. The lowest BCUT2D eigenvalue weighted by molar-refractivity contribution is -0.909. The van der Waals surface area contributed by atoms with Crippen molar-refractivity contribution < 1.29 is 52.5 Å². The molecule has 0 saturated carbocycles. The Balaban J connectivity index is -0.00000722. The van der Waals surface area contributed by atoms with Crippen molar-refractivity contribution in [1.82, 2.24) is 10.6 Å². The van der Waals surface area contributed by atoms with E-state index >= 15 is 0 Å². The molecule has 0 spiro atoms. The molecule has 0 fully saturated rings. The van der Waals surface area contributed by atoms with Crippen molar-refractivity contribution >= 4 is 11.8 Å². The maximum absolute atomic E-state index is 12.1. The highest BCUT2D eigenvalue weighted by Crippen LogP contribution is 2.10. The maximum Gasteiger partial charge on any atom is 0.219 e. The van der Waals surface area contributed by atoms with E-state index in [2.05, 4.69) is 52.7 Å². The van der Waals surface area contributed by atoms with Gasteiger partial charge in [0.05, 0.1) is 54.4 Å². The van der Waals surface area contributed by atoms with E-state index in [1.54, 1.807) is 0 Å². The van der Waals surface area contributed by atoms with E-state index in [9.17, 15) is 9.59 Å². The molecule has 0 aliphatic carbocycles. The molecular weight excluding hydrogens is 644 g/mol. The Morgan fingerprint density at radius 2 is 0.732 bits per heavy atom. The molecule has 0 rings (SSSR count). The summed E-state index contributed by atoms with van der Waals surface area (Å²) in [5.74, 6) is 0.448. The number of halogens is 2. The standard InChI is InChI=1S/C33H68N4O2.2BrH/c1-7-9-11-13-15-17-19-24-32(38)34-26-21-28-36(3,4)30-23-31-37(5,6)29-22-27-35-33(39)25-20-18-16-14-12-10-8-2;;/h7-31H2,1-6H3;2*1H. The second kappa shape index (κ2) is 29.9. The molecule has 41 heavy (non-hydrogen) atoms. The van der Waals surface area contributed by atoms with Gasteiger partial charge in [-0.1, -0.05) is 90.9 Å². The van der Waals surface area contributed by atoms with Gasteiger partial charge in [0.1, 0.15) is 0 Å². The van der Waals surface area contributed by atoms with E-state index in [1.807, 2.05) is 0 Å². The SMILES string of the molecule is CCCCCCCCCC(=O)NCCC[N+](C)(C)CCC[N+](C)(C)CCCNC(=O)CCCCCCCCC.[Br-].[Br-]. The molecule has 8 heteroatoms. The molecule has 0 radical (unpaired) electrons. The van der Waals surface area contributed by atoms with E-state index in [-0.39, 0.29) is 45.8 Å². The topological polar surface area (TPSA) is 58.2 Å². The molecule has 248 valence electrons. The van der Waals surface area contributed by atoms with E-state index in [0.29, 0.717) is 12.8 Å². The fourth-order valence-electron chi connectivity index (χ4n) is 5.28. The van der Waals surface area contributed by atoms with Crippen molar-refractivity contribution in [3.05, 3.63) is 0 Å². The maximum atomic E-state index is 12.1. The highest BCUT2D eigenvalue weighted by atomic mass is 79.9. The molecule has 0 unspecified atom stereocenters. The average Bonchev–Trinajstić information content (AvgIpc) is 2.88. The number of carbonyl (C=O) groups excluding carboxylic acids is 2. The zero-order chi connectivity index (χ0) is 29.2. The van der Waals surface area contributed by atoms with Crippen LogP contribution in [0.25, 0.3) is 0 Å². The Kier molecular flexibility index (Phi) is 33.0. The molecule has 0 aliphatic rings. The fraction of sp³-hybridized carbons (Fsp3) is 0.939. The Morgan fingerprint density at radius 3 is 1.07 bits per heavy atom. The highest BCUT2D eigenvalue weighted by Gasteiger charge is 2.19. The van der Waals surface area contributed by atoms with Gasteiger partial charge in [-0.2, -0.15) is 0 Å². The predicted molar refractivity (Wildman–Crippen MR) is 169 cm³/mol. The van der Waals surface area contributed by atoms with E-state index < -0.39 is 0 Å². The average molecular weight is 715 g/mol. The minimum atomic E-state index is 0. The number of amides is 2. The van der Waals surface area contributed by atoms with Crippen LogP contribution in [0.2, 0.25) is 0 Å². The molecule has 0 aliphatic heterocycles. The number of nitrogens with one attached hydrogen (secondary N) is 2. The molecule has 2 amide bonds. The molecule has 0 aromatic heterocycles. The summed E-state index contributed by atoms with van der Waals surface area (Å²) in [5.41, 5.74) is 0. The van der Waals surface area contributed by atoms with Gasteiger partial charge in [0.15, 0.2) is 0 Å².